The van der Waals surface area contributed by atoms with Gasteiger partial charge in [0.2, 0.25) is 5.91 Å². The van der Waals surface area contributed by atoms with Crippen LogP contribution in [0.25, 0.3) is 0 Å². The standard InChI is InChI=1S/C20H23NO5/c1-2-25-16-10-12-17(13-11-16)26-14-6-9-18(22)21-19(20(23)24)15-7-4-3-5-8-15/h3-5,7-8,10-13,19H,2,6,9,14H2,1H3,(H,21,22)(H,23,24). The van der Waals surface area contributed by atoms with Crippen molar-refractivity contribution >= 4 is 11.9 Å². The lowest BCUT2D eigenvalue weighted by molar-refractivity contribution is -0.142. The van der Waals surface area contributed by atoms with E-state index in [-0.39, 0.29) is 12.3 Å². The van der Waals surface area contributed by atoms with Gasteiger partial charge in [-0.05, 0) is 43.2 Å². The molecule has 138 valence electrons. The largest absolute Gasteiger partial charge is 0.494 e. The molecule has 0 aliphatic carbocycles. The summed E-state index contributed by atoms with van der Waals surface area (Å²) in [5.74, 6) is 0.0631. The molecule has 2 aromatic carbocycles. The molecule has 0 aliphatic rings. The summed E-state index contributed by atoms with van der Waals surface area (Å²) >= 11 is 0. The molecule has 1 amide bonds. The molecule has 0 heterocycles. The van der Waals surface area contributed by atoms with E-state index in [4.69, 9.17) is 9.47 Å². The number of benzene rings is 2. The van der Waals surface area contributed by atoms with Crippen LogP contribution in [0.4, 0.5) is 0 Å². The van der Waals surface area contributed by atoms with E-state index in [0.717, 1.165) is 5.75 Å². The maximum atomic E-state index is 12.0. The first-order valence-corrected chi connectivity index (χ1v) is 8.53. The maximum absolute atomic E-state index is 12.0. The zero-order valence-electron chi connectivity index (χ0n) is 14.7. The van der Waals surface area contributed by atoms with Crippen molar-refractivity contribution in [1.82, 2.24) is 5.32 Å². The molecule has 6 nitrogen and oxygen atoms in total. The first-order valence-electron chi connectivity index (χ1n) is 8.53. The normalized spacial score (nSPS) is 11.4. The summed E-state index contributed by atoms with van der Waals surface area (Å²) in [6.45, 7) is 2.89. The van der Waals surface area contributed by atoms with E-state index in [1.165, 1.54) is 0 Å². The Morgan fingerprint density at radius 1 is 1.00 bits per heavy atom. The minimum atomic E-state index is -1.09. The number of carboxylic acid groups (broad SMARTS) is 1. The lowest BCUT2D eigenvalue weighted by atomic mass is 10.1. The third-order valence-electron chi connectivity index (χ3n) is 3.64. The van der Waals surface area contributed by atoms with E-state index in [1.807, 2.05) is 19.1 Å². The minimum absolute atomic E-state index is 0.188. The van der Waals surface area contributed by atoms with Crippen LogP contribution >= 0.6 is 0 Å². The number of hydrogen-bond acceptors (Lipinski definition) is 4. The number of aliphatic carboxylic acids is 1. The van der Waals surface area contributed by atoms with Crippen LogP contribution in [-0.4, -0.2) is 30.2 Å². The fraction of sp³-hybridized carbons (Fsp3) is 0.300. The van der Waals surface area contributed by atoms with Gasteiger partial charge in [0.1, 0.15) is 11.5 Å². The van der Waals surface area contributed by atoms with Crippen molar-refractivity contribution in [3.8, 4) is 11.5 Å². The third kappa shape index (κ3) is 6.12. The summed E-state index contributed by atoms with van der Waals surface area (Å²) in [6.07, 6.45) is 0.674. The Morgan fingerprint density at radius 2 is 1.62 bits per heavy atom. The molecule has 6 heteroatoms. The van der Waals surface area contributed by atoms with E-state index in [9.17, 15) is 14.7 Å². The molecule has 1 atom stereocenters. The van der Waals surface area contributed by atoms with Crippen LogP contribution in [0.2, 0.25) is 0 Å². The highest BCUT2D eigenvalue weighted by atomic mass is 16.5. The Hall–Kier alpha value is -3.02. The first kappa shape index (κ1) is 19.3. The number of carbonyl (C=O) groups excluding carboxylic acids is 1. The summed E-state index contributed by atoms with van der Waals surface area (Å²) < 4.78 is 10.9. The van der Waals surface area contributed by atoms with Crippen molar-refractivity contribution in [3.63, 3.8) is 0 Å². The lowest BCUT2D eigenvalue weighted by Gasteiger charge is -2.15. The number of ether oxygens (including phenoxy) is 2. The van der Waals surface area contributed by atoms with Crippen LogP contribution in [-0.2, 0) is 9.59 Å². The predicted molar refractivity (Wildman–Crippen MR) is 97.3 cm³/mol. The number of rotatable bonds is 10. The molecular formula is C20H23NO5. The van der Waals surface area contributed by atoms with Crippen LogP contribution in [0, 0.1) is 0 Å². The fourth-order valence-corrected chi connectivity index (χ4v) is 2.39. The van der Waals surface area contributed by atoms with Crippen molar-refractivity contribution in [1.29, 1.82) is 0 Å². The van der Waals surface area contributed by atoms with Crippen molar-refractivity contribution in [2.24, 2.45) is 0 Å². The summed E-state index contributed by atoms with van der Waals surface area (Å²) in [4.78, 5) is 23.4. The summed E-state index contributed by atoms with van der Waals surface area (Å²) in [5.41, 5.74) is 0.541. The Morgan fingerprint density at radius 3 is 2.19 bits per heavy atom. The van der Waals surface area contributed by atoms with Crippen LogP contribution in [0.5, 0.6) is 11.5 Å². The van der Waals surface area contributed by atoms with Crippen molar-refractivity contribution < 1.29 is 24.2 Å². The minimum Gasteiger partial charge on any atom is -0.494 e. The molecular weight excluding hydrogens is 334 g/mol. The van der Waals surface area contributed by atoms with Gasteiger partial charge in [-0.1, -0.05) is 30.3 Å². The molecule has 0 fully saturated rings. The highest BCUT2D eigenvalue weighted by Gasteiger charge is 2.21. The van der Waals surface area contributed by atoms with Gasteiger partial charge in [-0.25, -0.2) is 4.79 Å². The molecule has 0 radical (unpaired) electrons. The van der Waals surface area contributed by atoms with Gasteiger partial charge in [0, 0.05) is 6.42 Å². The van der Waals surface area contributed by atoms with Crippen molar-refractivity contribution in [3.05, 3.63) is 60.2 Å². The molecule has 0 saturated carbocycles. The molecule has 0 saturated heterocycles. The Bertz CT molecular complexity index is 700. The second-order valence-corrected chi connectivity index (χ2v) is 5.61. The zero-order valence-corrected chi connectivity index (χ0v) is 14.7. The van der Waals surface area contributed by atoms with E-state index in [0.29, 0.717) is 30.9 Å². The molecule has 2 N–H and O–H groups in total. The average Bonchev–Trinajstić information content (AvgIpc) is 2.65. The monoisotopic (exact) mass is 357 g/mol. The number of nitrogens with one attached hydrogen (secondary N) is 1. The molecule has 2 aromatic rings. The fourth-order valence-electron chi connectivity index (χ4n) is 2.39. The average molecular weight is 357 g/mol. The Kier molecular flexibility index (Phi) is 7.49. The van der Waals surface area contributed by atoms with Gasteiger partial charge < -0.3 is 19.9 Å². The smallest absolute Gasteiger partial charge is 0.330 e. The predicted octanol–water partition coefficient (Wildman–Crippen LogP) is 3.19. The van der Waals surface area contributed by atoms with Crippen LogP contribution in [0.1, 0.15) is 31.4 Å². The number of carboxylic acids is 1. The molecule has 2 rings (SSSR count). The number of carbonyl (C=O) groups is 2. The van der Waals surface area contributed by atoms with E-state index < -0.39 is 12.0 Å². The quantitative estimate of drug-likeness (QED) is 0.638. The molecule has 0 aromatic heterocycles. The molecule has 26 heavy (non-hydrogen) atoms. The van der Waals surface area contributed by atoms with E-state index >= 15 is 0 Å². The topological polar surface area (TPSA) is 84.9 Å². The highest BCUT2D eigenvalue weighted by molar-refractivity contribution is 5.84. The molecule has 0 spiro atoms. The summed E-state index contributed by atoms with van der Waals surface area (Å²) in [7, 11) is 0. The van der Waals surface area contributed by atoms with Crippen LogP contribution in [0.3, 0.4) is 0 Å². The zero-order chi connectivity index (χ0) is 18.8. The van der Waals surface area contributed by atoms with Gasteiger partial charge in [-0.15, -0.1) is 0 Å². The van der Waals surface area contributed by atoms with Crippen LogP contribution < -0.4 is 14.8 Å². The van der Waals surface area contributed by atoms with Gasteiger partial charge in [0.05, 0.1) is 13.2 Å². The Balaban J connectivity index is 1.75. The second-order valence-electron chi connectivity index (χ2n) is 5.61. The number of hydrogen-bond donors (Lipinski definition) is 2. The molecule has 0 aliphatic heterocycles. The van der Waals surface area contributed by atoms with E-state index in [1.54, 1.807) is 42.5 Å². The summed E-state index contributed by atoms with van der Waals surface area (Å²) in [5, 5.41) is 11.8. The lowest BCUT2D eigenvalue weighted by Crippen LogP contribution is -2.33. The van der Waals surface area contributed by atoms with Gasteiger partial charge in [-0.2, -0.15) is 0 Å². The highest BCUT2D eigenvalue weighted by Crippen LogP contribution is 2.18. The Labute approximate surface area is 152 Å². The van der Waals surface area contributed by atoms with E-state index in [2.05, 4.69) is 5.32 Å². The number of amides is 1. The van der Waals surface area contributed by atoms with Crippen LogP contribution in [0.15, 0.2) is 54.6 Å². The van der Waals surface area contributed by atoms with Crippen molar-refractivity contribution in [2.75, 3.05) is 13.2 Å². The SMILES string of the molecule is CCOc1ccc(OCCCC(=O)NC(C(=O)O)c2ccccc2)cc1. The second kappa shape index (κ2) is 10.1. The van der Waals surface area contributed by atoms with Gasteiger partial charge in [0.15, 0.2) is 6.04 Å². The molecule has 1 unspecified atom stereocenters. The maximum Gasteiger partial charge on any atom is 0.330 e. The third-order valence-corrected chi connectivity index (χ3v) is 3.64. The molecule has 0 bridgehead atoms. The van der Waals surface area contributed by atoms with Crippen molar-refractivity contribution in [2.45, 2.75) is 25.8 Å². The first-order chi connectivity index (χ1) is 12.6. The summed E-state index contributed by atoms with van der Waals surface area (Å²) in [6, 6.07) is 14.8. The van der Waals surface area contributed by atoms with Gasteiger partial charge in [-0.3, -0.25) is 4.79 Å². The van der Waals surface area contributed by atoms with Gasteiger partial charge in [0.25, 0.3) is 0 Å². The van der Waals surface area contributed by atoms with Gasteiger partial charge >= 0.3 is 5.97 Å².